The molecule has 0 spiro atoms. The summed E-state index contributed by atoms with van der Waals surface area (Å²) >= 11 is 0. The lowest BCUT2D eigenvalue weighted by Crippen LogP contribution is -2.28. The number of amides is 2. The number of rotatable bonds is 6. The van der Waals surface area contributed by atoms with Crippen molar-refractivity contribution in [3.8, 4) is 5.75 Å². The maximum absolute atomic E-state index is 12.4. The molecule has 1 N–H and O–H groups in total. The summed E-state index contributed by atoms with van der Waals surface area (Å²) in [6.45, 7) is 3.76. The third-order valence-electron chi connectivity index (χ3n) is 4.68. The van der Waals surface area contributed by atoms with Gasteiger partial charge in [-0.15, -0.1) is 0 Å². The number of aryl methyl sites for hydroxylation is 2. The molecule has 7 nitrogen and oxygen atoms in total. The molecule has 1 atom stereocenters. The summed E-state index contributed by atoms with van der Waals surface area (Å²) in [5, 5.41) is 2.64. The van der Waals surface area contributed by atoms with E-state index < -0.39 is 24.4 Å². The van der Waals surface area contributed by atoms with Crippen molar-refractivity contribution in [3.05, 3.63) is 53.6 Å². The van der Waals surface area contributed by atoms with Gasteiger partial charge >= 0.3 is 5.97 Å². The van der Waals surface area contributed by atoms with Gasteiger partial charge in [-0.2, -0.15) is 0 Å². The fourth-order valence-corrected chi connectivity index (χ4v) is 3.37. The van der Waals surface area contributed by atoms with E-state index in [0.29, 0.717) is 11.4 Å². The van der Waals surface area contributed by atoms with E-state index in [1.165, 1.54) is 7.11 Å². The molecule has 152 valence electrons. The number of hydrogen-bond acceptors (Lipinski definition) is 5. The molecule has 29 heavy (non-hydrogen) atoms. The highest BCUT2D eigenvalue weighted by atomic mass is 16.5. The molecule has 0 unspecified atom stereocenters. The molecule has 1 fully saturated rings. The van der Waals surface area contributed by atoms with E-state index in [0.717, 1.165) is 16.8 Å². The van der Waals surface area contributed by atoms with Crippen LogP contribution in [0.2, 0.25) is 0 Å². The third kappa shape index (κ3) is 5.13. The van der Waals surface area contributed by atoms with Gasteiger partial charge in [0.2, 0.25) is 5.91 Å². The van der Waals surface area contributed by atoms with Gasteiger partial charge in [0.25, 0.3) is 5.91 Å². The van der Waals surface area contributed by atoms with Crippen molar-refractivity contribution in [2.24, 2.45) is 5.92 Å². The van der Waals surface area contributed by atoms with Crippen LogP contribution in [0.15, 0.2) is 42.5 Å². The normalized spacial score (nSPS) is 15.9. The summed E-state index contributed by atoms with van der Waals surface area (Å²) in [6, 6.07) is 12.7. The maximum Gasteiger partial charge on any atom is 0.311 e. The quantitative estimate of drug-likeness (QED) is 0.759. The average molecular weight is 396 g/mol. The standard InChI is InChI=1S/C22H24N2O5/c1-14-7-15(2)9-18(8-14)24-12-16(10-21(24)26)22(27)29-13-20(25)23-17-5-4-6-19(11-17)28-3/h4-9,11,16H,10,12-13H2,1-3H3,(H,23,25)/t16-/m0/s1. The molecule has 1 aliphatic rings. The first-order valence-corrected chi connectivity index (χ1v) is 9.35. The molecule has 0 radical (unpaired) electrons. The van der Waals surface area contributed by atoms with Crippen molar-refractivity contribution in [2.75, 3.05) is 30.5 Å². The number of hydrogen-bond donors (Lipinski definition) is 1. The lowest BCUT2D eigenvalue weighted by atomic mass is 10.1. The molecule has 2 aromatic carbocycles. The predicted molar refractivity (Wildman–Crippen MR) is 109 cm³/mol. The number of ether oxygens (including phenoxy) is 2. The topological polar surface area (TPSA) is 84.9 Å². The molecule has 0 aliphatic carbocycles. The number of carbonyl (C=O) groups excluding carboxylic acids is 3. The van der Waals surface area contributed by atoms with Crippen molar-refractivity contribution in [1.29, 1.82) is 0 Å². The van der Waals surface area contributed by atoms with E-state index in [4.69, 9.17) is 9.47 Å². The fourth-order valence-electron chi connectivity index (χ4n) is 3.37. The van der Waals surface area contributed by atoms with Gasteiger partial charge < -0.3 is 19.7 Å². The number of anilines is 2. The SMILES string of the molecule is COc1cccc(NC(=O)COC(=O)[C@H]2CC(=O)N(c3cc(C)cc(C)c3)C2)c1. The molecule has 3 rings (SSSR count). The minimum Gasteiger partial charge on any atom is -0.497 e. The molecule has 0 bridgehead atoms. The number of benzene rings is 2. The van der Waals surface area contributed by atoms with Crippen LogP contribution < -0.4 is 15.0 Å². The molecular formula is C22H24N2O5. The van der Waals surface area contributed by atoms with Crippen LogP contribution in [0.4, 0.5) is 11.4 Å². The summed E-state index contributed by atoms with van der Waals surface area (Å²) in [5.74, 6) is -1.12. The second-order valence-electron chi connectivity index (χ2n) is 7.14. The highest BCUT2D eigenvalue weighted by Gasteiger charge is 2.36. The summed E-state index contributed by atoms with van der Waals surface area (Å²) < 4.78 is 10.2. The lowest BCUT2D eigenvalue weighted by Gasteiger charge is -2.18. The van der Waals surface area contributed by atoms with Crippen LogP contribution >= 0.6 is 0 Å². The first-order valence-electron chi connectivity index (χ1n) is 9.35. The smallest absolute Gasteiger partial charge is 0.311 e. The van der Waals surface area contributed by atoms with Crippen LogP contribution in [-0.2, 0) is 19.1 Å². The highest BCUT2D eigenvalue weighted by Crippen LogP contribution is 2.27. The number of methoxy groups -OCH3 is 1. The minimum absolute atomic E-state index is 0.0727. The Morgan fingerprint density at radius 3 is 2.55 bits per heavy atom. The molecule has 2 aromatic rings. The Labute approximate surface area is 169 Å². The van der Waals surface area contributed by atoms with Crippen molar-refractivity contribution < 1.29 is 23.9 Å². The largest absolute Gasteiger partial charge is 0.497 e. The zero-order valence-corrected chi connectivity index (χ0v) is 16.7. The zero-order chi connectivity index (χ0) is 21.0. The van der Waals surface area contributed by atoms with Crippen molar-refractivity contribution >= 4 is 29.2 Å². The first-order chi connectivity index (χ1) is 13.9. The Kier molecular flexibility index (Phi) is 6.16. The Morgan fingerprint density at radius 2 is 1.86 bits per heavy atom. The molecule has 1 heterocycles. The van der Waals surface area contributed by atoms with E-state index >= 15 is 0 Å². The Morgan fingerprint density at radius 1 is 1.14 bits per heavy atom. The van der Waals surface area contributed by atoms with Crippen LogP contribution in [0, 0.1) is 19.8 Å². The van der Waals surface area contributed by atoms with E-state index in [2.05, 4.69) is 5.32 Å². The van der Waals surface area contributed by atoms with Crippen LogP contribution in [0.25, 0.3) is 0 Å². The second kappa shape index (κ2) is 8.77. The first kappa shape index (κ1) is 20.4. The van der Waals surface area contributed by atoms with Crippen LogP contribution in [0.5, 0.6) is 5.75 Å². The lowest BCUT2D eigenvalue weighted by molar-refractivity contribution is -0.151. The highest BCUT2D eigenvalue weighted by molar-refractivity contribution is 6.00. The maximum atomic E-state index is 12.4. The van der Waals surface area contributed by atoms with Gasteiger partial charge in [0.05, 0.1) is 13.0 Å². The van der Waals surface area contributed by atoms with E-state index in [1.807, 2.05) is 32.0 Å². The molecule has 2 amide bonds. The Balaban J connectivity index is 1.54. The van der Waals surface area contributed by atoms with Gasteiger partial charge in [0, 0.05) is 30.4 Å². The summed E-state index contributed by atoms with van der Waals surface area (Å²) in [7, 11) is 1.53. The Bertz CT molecular complexity index is 920. The van der Waals surface area contributed by atoms with Crippen molar-refractivity contribution in [2.45, 2.75) is 20.3 Å². The van der Waals surface area contributed by atoms with Crippen molar-refractivity contribution in [3.63, 3.8) is 0 Å². The minimum atomic E-state index is -0.590. The van der Waals surface area contributed by atoms with Crippen LogP contribution in [0.1, 0.15) is 17.5 Å². The van der Waals surface area contributed by atoms with E-state index in [9.17, 15) is 14.4 Å². The number of nitrogens with zero attached hydrogens (tertiary/aromatic N) is 1. The summed E-state index contributed by atoms with van der Waals surface area (Å²) in [4.78, 5) is 38.4. The number of nitrogens with one attached hydrogen (secondary N) is 1. The van der Waals surface area contributed by atoms with E-state index in [-0.39, 0.29) is 18.9 Å². The van der Waals surface area contributed by atoms with Crippen LogP contribution in [0.3, 0.4) is 0 Å². The van der Waals surface area contributed by atoms with Gasteiger partial charge in [0.15, 0.2) is 6.61 Å². The molecule has 0 saturated carbocycles. The van der Waals surface area contributed by atoms with Crippen molar-refractivity contribution in [1.82, 2.24) is 0 Å². The number of esters is 1. The van der Waals surface area contributed by atoms with Gasteiger partial charge in [-0.1, -0.05) is 12.1 Å². The number of carbonyl (C=O) groups is 3. The Hall–Kier alpha value is -3.35. The average Bonchev–Trinajstić information content (AvgIpc) is 3.07. The van der Waals surface area contributed by atoms with Crippen LogP contribution in [-0.4, -0.2) is 38.0 Å². The summed E-state index contributed by atoms with van der Waals surface area (Å²) in [5.41, 5.74) is 3.42. The van der Waals surface area contributed by atoms with E-state index in [1.54, 1.807) is 29.2 Å². The molecule has 1 aliphatic heterocycles. The zero-order valence-electron chi connectivity index (χ0n) is 16.7. The second-order valence-corrected chi connectivity index (χ2v) is 7.14. The van der Waals surface area contributed by atoms with Gasteiger partial charge in [-0.25, -0.2) is 0 Å². The predicted octanol–water partition coefficient (Wildman–Crippen LogP) is 2.85. The third-order valence-corrected chi connectivity index (χ3v) is 4.68. The van der Waals surface area contributed by atoms with Gasteiger partial charge in [0.1, 0.15) is 5.75 Å². The molecule has 0 aromatic heterocycles. The monoisotopic (exact) mass is 396 g/mol. The van der Waals surface area contributed by atoms with Gasteiger partial charge in [-0.05, 0) is 49.2 Å². The molecular weight excluding hydrogens is 372 g/mol. The summed E-state index contributed by atoms with van der Waals surface area (Å²) in [6.07, 6.45) is 0.0727. The molecule has 7 heteroatoms. The molecule has 1 saturated heterocycles. The fraction of sp³-hybridized carbons (Fsp3) is 0.318. The van der Waals surface area contributed by atoms with Gasteiger partial charge in [-0.3, -0.25) is 14.4 Å².